The maximum Gasteiger partial charge on any atom is 0.311 e. The number of aliphatic carboxylic acids is 1. The van der Waals surface area contributed by atoms with Crippen molar-refractivity contribution < 1.29 is 44.7 Å². The lowest BCUT2D eigenvalue weighted by molar-refractivity contribution is -0.849. The number of carboxylic acid groups (broad SMARTS) is 1. The van der Waals surface area contributed by atoms with Crippen molar-refractivity contribution in [1.82, 2.24) is 0 Å². The molecule has 0 saturated heterocycles. The Hall–Kier alpha value is -1.79. The first kappa shape index (κ1) is 40.3. The third-order valence-corrected chi connectivity index (χ3v) is 5.47. The summed E-state index contributed by atoms with van der Waals surface area (Å²) in [6.07, 6.45) is 0.721. The normalized spacial score (nSPS) is 16.8. The summed E-state index contributed by atoms with van der Waals surface area (Å²) >= 11 is 2.24. The fraction of sp³-hybridized carbons (Fsp3) is 0.700. The Labute approximate surface area is 256 Å². The van der Waals surface area contributed by atoms with Gasteiger partial charge in [-0.05, 0) is 115 Å². The molecule has 2 rings (SSSR count). The SMILES string of the molecule is CC(C)(C)C(=O)O.CC(C)(C)C(=O)OC1CCC(OC(=O)C(C)(C)C)c2cc(I)ccc21.C[N+](C)(C)C.[2H]CF.[OH-]. The van der Waals surface area contributed by atoms with Crippen LogP contribution in [0.4, 0.5) is 4.39 Å². The molecular formula is C30H53FINO7. The minimum absolute atomic E-state index is 0. The Morgan fingerprint density at radius 2 is 1.15 bits per heavy atom. The molecule has 1 aromatic rings. The van der Waals surface area contributed by atoms with Crippen molar-refractivity contribution in [3.05, 3.63) is 32.9 Å². The molecule has 1 aliphatic carbocycles. The second-order valence-corrected chi connectivity index (χ2v) is 15.1. The van der Waals surface area contributed by atoms with Gasteiger partial charge >= 0.3 is 17.9 Å². The van der Waals surface area contributed by atoms with Crippen molar-refractivity contribution in [2.24, 2.45) is 16.2 Å². The lowest BCUT2D eigenvalue weighted by atomic mass is 9.86. The van der Waals surface area contributed by atoms with Crippen LogP contribution in [-0.4, -0.2) is 68.3 Å². The van der Waals surface area contributed by atoms with Gasteiger partial charge in [0.15, 0.2) is 0 Å². The summed E-state index contributed by atoms with van der Waals surface area (Å²) in [5.41, 5.74) is 0.217. The van der Waals surface area contributed by atoms with E-state index < -0.39 is 29.4 Å². The summed E-state index contributed by atoms with van der Waals surface area (Å²) < 4.78 is 29.1. The molecule has 1 aliphatic rings. The van der Waals surface area contributed by atoms with Gasteiger partial charge in [-0.15, -0.1) is 0 Å². The molecule has 0 aliphatic heterocycles. The van der Waals surface area contributed by atoms with Gasteiger partial charge in [-0.3, -0.25) is 18.8 Å². The quantitative estimate of drug-likeness (QED) is 0.199. The minimum atomic E-state index is -1.00. The number of carbonyl (C=O) groups is 3. The molecule has 2 unspecified atom stereocenters. The summed E-state index contributed by atoms with van der Waals surface area (Å²) in [7, 11) is 7.50. The summed E-state index contributed by atoms with van der Waals surface area (Å²) in [6.45, 7) is 16.1. The molecule has 0 saturated carbocycles. The zero-order valence-electron chi connectivity index (χ0n) is 27.6. The van der Waals surface area contributed by atoms with Crippen molar-refractivity contribution in [3.8, 4) is 0 Å². The molecule has 0 bridgehead atoms. The second-order valence-electron chi connectivity index (χ2n) is 13.9. The van der Waals surface area contributed by atoms with Gasteiger partial charge in [0.1, 0.15) is 12.2 Å². The van der Waals surface area contributed by atoms with E-state index >= 15 is 0 Å². The first-order chi connectivity index (χ1) is 17.7. The minimum Gasteiger partial charge on any atom is -0.870 e. The molecule has 0 aromatic heterocycles. The van der Waals surface area contributed by atoms with E-state index in [1.807, 2.05) is 59.7 Å². The van der Waals surface area contributed by atoms with Gasteiger partial charge in [-0.25, -0.2) is 0 Å². The van der Waals surface area contributed by atoms with Gasteiger partial charge in [0.2, 0.25) is 0 Å². The van der Waals surface area contributed by atoms with Gasteiger partial charge in [0.25, 0.3) is 0 Å². The zero-order chi connectivity index (χ0) is 32.3. The number of carbonyl (C=O) groups excluding carboxylic acids is 2. The number of rotatable bonds is 2. The van der Waals surface area contributed by atoms with Crippen molar-refractivity contribution in [1.29, 1.82) is 0 Å². The van der Waals surface area contributed by atoms with Crippen LogP contribution in [0.15, 0.2) is 18.2 Å². The average Bonchev–Trinajstić information content (AvgIpc) is 2.73. The van der Waals surface area contributed by atoms with E-state index in [0.717, 1.165) is 19.2 Å². The smallest absolute Gasteiger partial charge is 0.311 e. The molecule has 0 radical (unpaired) electrons. The molecule has 0 amide bonds. The lowest BCUT2D eigenvalue weighted by Gasteiger charge is -2.33. The number of quaternary nitrogens is 1. The number of nitrogens with zero attached hydrogens (tertiary/aromatic N) is 1. The van der Waals surface area contributed by atoms with Gasteiger partial charge in [0, 0.05) is 9.13 Å². The molecule has 40 heavy (non-hydrogen) atoms. The molecule has 8 nitrogen and oxygen atoms in total. The summed E-state index contributed by atoms with van der Waals surface area (Å²) in [5, 5.41) is 8.25. The van der Waals surface area contributed by atoms with Crippen molar-refractivity contribution in [2.45, 2.75) is 87.4 Å². The number of hydrogen-bond donors (Lipinski definition) is 1. The van der Waals surface area contributed by atoms with Crippen LogP contribution in [0.25, 0.3) is 0 Å². The molecule has 10 heteroatoms. The number of carboxylic acids is 1. The van der Waals surface area contributed by atoms with Crippen molar-refractivity contribution in [3.63, 3.8) is 0 Å². The van der Waals surface area contributed by atoms with Crippen molar-refractivity contribution in [2.75, 3.05) is 35.3 Å². The molecule has 0 heterocycles. The van der Waals surface area contributed by atoms with E-state index in [2.05, 4.69) is 50.8 Å². The monoisotopic (exact) mass is 686 g/mol. The predicted octanol–water partition coefficient (Wildman–Crippen LogP) is 7.19. The van der Waals surface area contributed by atoms with Gasteiger partial charge < -0.3 is 24.5 Å². The molecular weight excluding hydrogens is 632 g/mol. The Morgan fingerprint density at radius 1 is 0.850 bits per heavy atom. The third kappa shape index (κ3) is 17.8. The first-order valence-electron chi connectivity index (χ1n) is 13.5. The van der Waals surface area contributed by atoms with E-state index in [0.29, 0.717) is 12.8 Å². The highest BCUT2D eigenvalue weighted by Crippen LogP contribution is 2.42. The van der Waals surface area contributed by atoms with E-state index in [9.17, 15) is 18.8 Å². The Kier molecular flexibility index (Phi) is 17.4. The topological polar surface area (TPSA) is 120 Å². The van der Waals surface area contributed by atoms with E-state index in [1.165, 1.54) is 0 Å². The number of benzene rings is 1. The fourth-order valence-corrected chi connectivity index (χ4v) is 3.10. The zero-order valence-corrected chi connectivity index (χ0v) is 28.8. The predicted molar refractivity (Wildman–Crippen MR) is 165 cm³/mol. The Balaban J connectivity index is -0.000000747. The fourth-order valence-electron chi connectivity index (χ4n) is 2.59. The molecule has 0 spiro atoms. The first-order valence-corrected chi connectivity index (χ1v) is 13.9. The van der Waals surface area contributed by atoms with Crippen LogP contribution in [0.5, 0.6) is 0 Å². The van der Waals surface area contributed by atoms with Crippen LogP contribution < -0.4 is 0 Å². The van der Waals surface area contributed by atoms with Crippen LogP contribution in [0.2, 0.25) is 0 Å². The molecule has 0 fully saturated rings. The maximum absolute atomic E-state index is 12.3. The maximum atomic E-state index is 12.3. The lowest BCUT2D eigenvalue weighted by Crippen LogP contribution is -2.30. The molecule has 2 N–H and O–H groups in total. The third-order valence-electron chi connectivity index (χ3n) is 4.80. The van der Waals surface area contributed by atoms with Gasteiger partial charge in [-0.2, -0.15) is 0 Å². The van der Waals surface area contributed by atoms with Crippen LogP contribution in [0.3, 0.4) is 0 Å². The highest BCUT2D eigenvalue weighted by Gasteiger charge is 2.36. The van der Waals surface area contributed by atoms with Crippen LogP contribution >= 0.6 is 22.6 Å². The number of hydrogen-bond acceptors (Lipinski definition) is 6. The van der Waals surface area contributed by atoms with E-state index in [-0.39, 0.29) is 29.6 Å². The molecule has 234 valence electrons. The summed E-state index contributed by atoms with van der Waals surface area (Å²) in [6, 6.07) is 5.99. The van der Waals surface area contributed by atoms with Gasteiger partial charge in [-0.1, -0.05) is 6.07 Å². The summed E-state index contributed by atoms with van der Waals surface area (Å²) in [4.78, 5) is 34.6. The van der Waals surface area contributed by atoms with Crippen molar-refractivity contribution >= 4 is 40.5 Å². The largest absolute Gasteiger partial charge is 0.870 e. The van der Waals surface area contributed by atoms with Crippen LogP contribution in [0, 0.1) is 19.8 Å². The van der Waals surface area contributed by atoms with E-state index in [1.54, 1.807) is 20.8 Å². The number of ether oxygens (including phenoxy) is 2. The number of alkyl halides is 1. The second kappa shape index (κ2) is 17.2. The highest BCUT2D eigenvalue weighted by molar-refractivity contribution is 14.1. The Bertz CT molecular complexity index is 956. The standard InChI is InChI=1S/C20H27IO4.C5H10O2.C4H12N.CH3F.H2O/c1-19(2,3)17(22)24-15-9-10-16(25-18(23)20(4,5)6)14-11-12(21)7-8-13(14)15;1-5(2,3)4(6)7;1-5(2,3)4;1-2;/h7-8,11,15-16H,9-10H2,1-6H3;1-3H3,(H,6,7);1-4H3;1H3;1H2/q;;+1;;/p-1/i;;;1D;. The molecule has 2 atom stereocenters. The summed E-state index contributed by atoms with van der Waals surface area (Å²) in [5.74, 6) is -1.19. The van der Waals surface area contributed by atoms with Gasteiger partial charge in [0.05, 0.1) is 53.0 Å². The number of fused-ring (bicyclic) bond motifs is 1. The Morgan fingerprint density at radius 3 is 1.43 bits per heavy atom. The number of esters is 2. The van der Waals surface area contributed by atoms with E-state index in [4.69, 9.17) is 16.0 Å². The molecule has 1 aromatic carbocycles. The van der Waals surface area contributed by atoms with Crippen LogP contribution in [-0.2, 0) is 23.9 Å². The number of halogens is 2. The highest BCUT2D eigenvalue weighted by atomic mass is 127. The van der Waals surface area contributed by atoms with Crippen LogP contribution in [0.1, 0.15) is 99.9 Å². The average molecular weight is 687 g/mol.